The summed E-state index contributed by atoms with van der Waals surface area (Å²) in [5.74, 6) is 4.91. The third-order valence-electron chi connectivity index (χ3n) is 2.38. The minimum Gasteiger partial charge on any atom is -0.120 e. The SMILES string of the molecule is C#CC(CC(C)C)CC(C)CC. The van der Waals surface area contributed by atoms with Crippen LogP contribution in [0.1, 0.15) is 47.0 Å². The van der Waals surface area contributed by atoms with Crippen LogP contribution in [0.15, 0.2) is 0 Å². The molecule has 0 aliphatic carbocycles. The summed E-state index contributed by atoms with van der Waals surface area (Å²) in [7, 11) is 0. The normalized spacial score (nSPS) is 15.7. The van der Waals surface area contributed by atoms with Crippen molar-refractivity contribution in [3.8, 4) is 12.3 Å². The Morgan fingerprint density at radius 1 is 1.17 bits per heavy atom. The molecule has 0 spiro atoms. The molecule has 0 radical (unpaired) electrons. The van der Waals surface area contributed by atoms with Crippen molar-refractivity contribution >= 4 is 0 Å². The van der Waals surface area contributed by atoms with E-state index in [9.17, 15) is 0 Å². The number of hydrogen-bond donors (Lipinski definition) is 0. The highest BCUT2D eigenvalue weighted by Gasteiger charge is 2.10. The molecule has 0 saturated carbocycles. The van der Waals surface area contributed by atoms with Gasteiger partial charge >= 0.3 is 0 Å². The lowest BCUT2D eigenvalue weighted by Crippen LogP contribution is -2.06. The van der Waals surface area contributed by atoms with Crippen molar-refractivity contribution in [2.24, 2.45) is 17.8 Å². The second-order valence-corrected chi connectivity index (χ2v) is 4.24. The molecule has 2 unspecified atom stereocenters. The molecule has 0 aromatic rings. The zero-order valence-corrected chi connectivity index (χ0v) is 8.93. The predicted octanol–water partition coefficient (Wildman–Crippen LogP) is 3.72. The van der Waals surface area contributed by atoms with E-state index < -0.39 is 0 Å². The first-order valence-corrected chi connectivity index (χ1v) is 5.06. The fourth-order valence-electron chi connectivity index (χ4n) is 1.45. The van der Waals surface area contributed by atoms with E-state index in [1.54, 1.807) is 0 Å². The Balaban J connectivity index is 3.77. The molecule has 0 N–H and O–H groups in total. The number of hydrogen-bond acceptors (Lipinski definition) is 0. The molecule has 0 amide bonds. The lowest BCUT2D eigenvalue weighted by molar-refractivity contribution is 0.388. The summed E-state index contributed by atoms with van der Waals surface area (Å²) in [6, 6.07) is 0. The summed E-state index contributed by atoms with van der Waals surface area (Å²) in [4.78, 5) is 0. The van der Waals surface area contributed by atoms with Gasteiger partial charge in [-0.15, -0.1) is 12.3 Å². The van der Waals surface area contributed by atoms with Gasteiger partial charge in [0.1, 0.15) is 0 Å². The van der Waals surface area contributed by atoms with Gasteiger partial charge in [-0.25, -0.2) is 0 Å². The molecular formula is C12H22. The molecule has 2 atom stereocenters. The fourth-order valence-corrected chi connectivity index (χ4v) is 1.45. The summed E-state index contributed by atoms with van der Waals surface area (Å²) in [6.07, 6.45) is 9.10. The van der Waals surface area contributed by atoms with Crippen LogP contribution in [0.2, 0.25) is 0 Å². The van der Waals surface area contributed by atoms with Crippen LogP contribution in [0.3, 0.4) is 0 Å². The maximum absolute atomic E-state index is 5.47. The van der Waals surface area contributed by atoms with Crippen molar-refractivity contribution in [1.29, 1.82) is 0 Å². The topological polar surface area (TPSA) is 0 Å². The highest BCUT2D eigenvalue weighted by molar-refractivity contribution is 4.93. The smallest absolute Gasteiger partial charge is 0.0205 e. The second-order valence-electron chi connectivity index (χ2n) is 4.24. The zero-order valence-electron chi connectivity index (χ0n) is 8.93. The van der Waals surface area contributed by atoms with E-state index in [0.717, 1.165) is 11.8 Å². The average molecular weight is 166 g/mol. The standard InChI is InChI=1S/C12H22/c1-6-11(5)9-12(7-2)8-10(3)4/h2,10-12H,6,8-9H2,1,3-5H3. The molecule has 0 aromatic heterocycles. The van der Waals surface area contributed by atoms with E-state index in [1.807, 2.05) is 0 Å². The molecule has 12 heavy (non-hydrogen) atoms. The van der Waals surface area contributed by atoms with Gasteiger partial charge in [0.2, 0.25) is 0 Å². The monoisotopic (exact) mass is 166 g/mol. The minimum atomic E-state index is 0.500. The lowest BCUT2D eigenvalue weighted by Gasteiger charge is -2.16. The Hall–Kier alpha value is -0.440. The summed E-state index contributed by atoms with van der Waals surface area (Å²) >= 11 is 0. The van der Waals surface area contributed by atoms with Crippen molar-refractivity contribution in [1.82, 2.24) is 0 Å². The summed E-state index contributed by atoms with van der Waals surface area (Å²) in [5.41, 5.74) is 0. The molecule has 0 bridgehead atoms. The Morgan fingerprint density at radius 2 is 1.75 bits per heavy atom. The van der Waals surface area contributed by atoms with Crippen LogP contribution in [0.4, 0.5) is 0 Å². The quantitative estimate of drug-likeness (QED) is 0.546. The lowest BCUT2D eigenvalue weighted by atomic mass is 9.88. The summed E-state index contributed by atoms with van der Waals surface area (Å²) in [5, 5.41) is 0. The van der Waals surface area contributed by atoms with E-state index in [4.69, 9.17) is 6.42 Å². The molecular weight excluding hydrogens is 144 g/mol. The first kappa shape index (κ1) is 11.6. The van der Waals surface area contributed by atoms with Gasteiger partial charge in [-0.3, -0.25) is 0 Å². The van der Waals surface area contributed by atoms with Gasteiger partial charge in [-0.1, -0.05) is 34.1 Å². The maximum atomic E-state index is 5.47. The number of rotatable bonds is 5. The van der Waals surface area contributed by atoms with Gasteiger partial charge in [0, 0.05) is 5.92 Å². The molecule has 70 valence electrons. The van der Waals surface area contributed by atoms with Crippen molar-refractivity contribution in [3.63, 3.8) is 0 Å². The molecule has 0 aliphatic heterocycles. The highest BCUT2D eigenvalue weighted by Crippen LogP contribution is 2.20. The van der Waals surface area contributed by atoms with Crippen LogP contribution in [0.25, 0.3) is 0 Å². The van der Waals surface area contributed by atoms with Gasteiger partial charge < -0.3 is 0 Å². The molecule has 0 aliphatic rings. The maximum Gasteiger partial charge on any atom is 0.0205 e. The predicted molar refractivity (Wildman–Crippen MR) is 55.9 cm³/mol. The molecule has 0 saturated heterocycles. The Labute approximate surface area is 77.8 Å². The van der Waals surface area contributed by atoms with Gasteiger partial charge in [-0.2, -0.15) is 0 Å². The third kappa shape index (κ3) is 5.24. The van der Waals surface area contributed by atoms with Crippen LogP contribution < -0.4 is 0 Å². The van der Waals surface area contributed by atoms with E-state index >= 15 is 0 Å². The second kappa shape index (κ2) is 6.12. The molecule has 0 fully saturated rings. The Morgan fingerprint density at radius 3 is 2.08 bits per heavy atom. The molecule has 0 aromatic carbocycles. The first-order valence-electron chi connectivity index (χ1n) is 5.06. The van der Waals surface area contributed by atoms with Crippen LogP contribution in [-0.4, -0.2) is 0 Å². The van der Waals surface area contributed by atoms with Crippen LogP contribution in [0.5, 0.6) is 0 Å². The third-order valence-corrected chi connectivity index (χ3v) is 2.38. The highest BCUT2D eigenvalue weighted by atomic mass is 14.1. The fraction of sp³-hybridized carbons (Fsp3) is 0.833. The number of terminal acetylenes is 1. The van der Waals surface area contributed by atoms with Crippen molar-refractivity contribution in [2.75, 3.05) is 0 Å². The molecule has 0 heteroatoms. The minimum absolute atomic E-state index is 0.500. The van der Waals surface area contributed by atoms with Crippen LogP contribution in [0, 0.1) is 30.1 Å². The van der Waals surface area contributed by atoms with Gasteiger partial charge in [0.25, 0.3) is 0 Å². The van der Waals surface area contributed by atoms with E-state index in [0.29, 0.717) is 5.92 Å². The average Bonchev–Trinajstić information content (AvgIpc) is 2.02. The van der Waals surface area contributed by atoms with E-state index in [1.165, 1.54) is 19.3 Å². The van der Waals surface area contributed by atoms with Crippen molar-refractivity contribution in [2.45, 2.75) is 47.0 Å². The summed E-state index contributed by atoms with van der Waals surface area (Å²) < 4.78 is 0. The Kier molecular flexibility index (Phi) is 5.89. The summed E-state index contributed by atoms with van der Waals surface area (Å²) in [6.45, 7) is 8.99. The van der Waals surface area contributed by atoms with Crippen LogP contribution in [-0.2, 0) is 0 Å². The van der Waals surface area contributed by atoms with Gasteiger partial charge in [0.15, 0.2) is 0 Å². The van der Waals surface area contributed by atoms with Crippen molar-refractivity contribution in [3.05, 3.63) is 0 Å². The van der Waals surface area contributed by atoms with E-state index in [2.05, 4.69) is 33.6 Å². The Bertz CT molecular complexity index is 139. The van der Waals surface area contributed by atoms with Crippen LogP contribution >= 0.6 is 0 Å². The van der Waals surface area contributed by atoms with E-state index in [-0.39, 0.29) is 0 Å². The first-order chi connectivity index (χ1) is 5.60. The van der Waals surface area contributed by atoms with Crippen molar-refractivity contribution < 1.29 is 0 Å². The molecule has 0 rings (SSSR count). The zero-order chi connectivity index (χ0) is 9.56. The molecule has 0 nitrogen and oxygen atoms in total. The largest absolute Gasteiger partial charge is 0.120 e. The van der Waals surface area contributed by atoms with Gasteiger partial charge in [-0.05, 0) is 24.7 Å². The van der Waals surface area contributed by atoms with Gasteiger partial charge in [0.05, 0.1) is 0 Å². The molecule has 0 heterocycles.